The van der Waals surface area contributed by atoms with Gasteiger partial charge in [0, 0.05) is 12.8 Å². The number of hydrogen-bond donors (Lipinski definition) is 0. The molecule has 0 aliphatic rings. The van der Waals surface area contributed by atoms with Crippen LogP contribution in [-0.4, -0.2) is 24.4 Å². The van der Waals surface area contributed by atoms with Crippen LogP contribution < -0.4 is 0 Å². The van der Waals surface area contributed by atoms with E-state index in [9.17, 15) is 0 Å². The molecule has 1 heteroatoms. The van der Waals surface area contributed by atoms with E-state index in [2.05, 4.69) is 25.1 Å². The average Bonchev–Trinajstić information content (AvgIpc) is 1.85. The van der Waals surface area contributed by atoms with E-state index in [4.69, 9.17) is 0 Å². The van der Waals surface area contributed by atoms with Gasteiger partial charge in [0.15, 0.2) is 0 Å². The van der Waals surface area contributed by atoms with Gasteiger partial charge in [-0.2, -0.15) is 0 Å². The minimum Gasteiger partial charge on any atom is -0.242 e. The van der Waals surface area contributed by atoms with E-state index in [1.807, 2.05) is 0 Å². The molecule has 0 atom stereocenters. The Morgan fingerprint density at radius 2 is 1.78 bits per heavy atom. The highest BCUT2D eigenvalue weighted by atomic mass is 15.0. The fourth-order valence-electron chi connectivity index (χ4n) is 0.810. The molecule has 0 saturated carbocycles. The first-order chi connectivity index (χ1) is 4.31. The summed E-state index contributed by atoms with van der Waals surface area (Å²) in [7, 11) is 0. The number of rotatable bonds is 5. The summed E-state index contributed by atoms with van der Waals surface area (Å²) in [5, 5.41) is 0. The Balaban J connectivity index is 3.06. The van der Waals surface area contributed by atoms with Crippen molar-refractivity contribution in [3.8, 4) is 0 Å². The summed E-state index contributed by atoms with van der Waals surface area (Å²) >= 11 is 0. The lowest BCUT2D eigenvalue weighted by Gasteiger charge is -1.96. The lowest BCUT2D eigenvalue weighted by atomic mass is 10.3. The summed E-state index contributed by atoms with van der Waals surface area (Å²) in [5.41, 5.74) is 0. The number of unbranched alkanes of at least 4 members (excludes halogenated alkanes) is 1. The molecule has 1 nitrogen and oxygen atoms in total. The van der Waals surface area contributed by atoms with Crippen LogP contribution >= 0.6 is 0 Å². The monoisotopic (exact) mass is 128 g/mol. The van der Waals surface area contributed by atoms with E-state index in [1.54, 1.807) is 0 Å². The molecule has 0 amide bonds. The fraction of sp³-hybridized carbons (Fsp3) is 0.875. The van der Waals surface area contributed by atoms with Gasteiger partial charge in [-0.1, -0.05) is 20.3 Å². The maximum atomic E-state index is 3.90. The molecule has 0 aromatic rings. The molecule has 0 aromatic heterocycles. The van der Waals surface area contributed by atoms with Crippen molar-refractivity contribution in [3.63, 3.8) is 0 Å². The number of hydrogen-bond acceptors (Lipinski definition) is 0. The predicted molar refractivity (Wildman–Crippen MR) is 42.3 cm³/mol. The third kappa shape index (κ3) is 5.54. The fourth-order valence-corrected chi connectivity index (χ4v) is 0.810. The SMILES string of the molecule is C=[N+](CCC)CCCC. The second-order valence-corrected chi connectivity index (χ2v) is 2.47. The molecule has 0 radical (unpaired) electrons. The third-order valence-corrected chi connectivity index (χ3v) is 1.37. The van der Waals surface area contributed by atoms with Crippen LogP contribution in [0.15, 0.2) is 0 Å². The van der Waals surface area contributed by atoms with Crippen molar-refractivity contribution in [2.24, 2.45) is 0 Å². The highest BCUT2D eigenvalue weighted by molar-refractivity contribution is 5.14. The van der Waals surface area contributed by atoms with Gasteiger partial charge in [-0.3, -0.25) is 0 Å². The zero-order chi connectivity index (χ0) is 7.11. The van der Waals surface area contributed by atoms with E-state index < -0.39 is 0 Å². The lowest BCUT2D eigenvalue weighted by Crippen LogP contribution is -2.11. The summed E-state index contributed by atoms with van der Waals surface area (Å²) < 4.78 is 2.14. The van der Waals surface area contributed by atoms with Crippen LogP contribution in [0.5, 0.6) is 0 Å². The van der Waals surface area contributed by atoms with Gasteiger partial charge in [-0.25, -0.2) is 4.58 Å². The molecule has 0 aromatic carbocycles. The van der Waals surface area contributed by atoms with Crippen LogP contribution in [0.2, 0.25) is 0 Å². The largest absolute Gasteiger partial charge is 0.242 e. The Morgan fingerprint density at radius 3 is 2.22 bits per heavy atom. The molecule has 0 saturated heterocycles. The Labute approximate surface area is 58.4 Å². The Hall–Kier alpha value is -0.330. The molecule has 0 unspecified atom stereocenters. The lowest BCUT2D eigenvalue weighted by molar-refractivity contribution is -0.519. The second-order valence-electron chi connectivity index (χ2n) is 2.47. The van der Waals surface area contributed by atoms with Gasteiger partial charge < -0.3 is 0 Å². The molecule has 0 spiro atoms. The topological polar surface area (TPSA) is 3.01 Å². The summed E-state index contributed by atoms with van der Waals surface area (Å²) in [5.74, 6) is 0. The molecule has 0 fully saturated rings. The minimum atomic E-state index is 1.14. The molecule has 9 heavy (non-hydrogen) atoms. The summed E-state index contributed by atoms with van der Waals surface area (Å²) in [6.07, 6.45) is 3.77. The van der Waals surface area contributed by atoms with Crippen molar-refractivity contribution in [3.05, 3.63) is 0 Å². The van der Waals surface area contributed by atoms with Gasteiger partial charge in [0.2, 0.25) is 0 Å². The van der Waals surface area contributed by atoms with Gasteiger partial charge in [0.25, 0.3) is 0 Å². The van der Waals surface area contributed by atoms with Gasteiger partial charge in [-0.15, -0.1) is 0 Å². The van der Waals surface area contributed by atoms with Crippen molar-refractivity contribution in [2.45, 2.75) is 33.1 Å². The van der Waals surface area contributed by atoms with E-state index in [0.717, 1.165) is 13.1 Å². The molecular formula is C8H18N+. The number of nitrogens with zero attached hydrogens (tertiary/aromatic N) is 1. The van der Waals surface area contributed by atoms with Crippen LogP contribution in [0, 0.1) is 0 Å². The van der Waals surface area contributed by atoms with Crippen molar-refractivity contribution in [1.82, 2.24) is 0 Å². The van der Waals surface area contributed by atoms with Crippen LogP contribution in [-0.2, 0) is 0 Å². The Bertz CT molecular complexity index is 76.6. The summed E-state index contributed by atoms with van der Waals surface area (Å²) in [4.78, 5) is 0. The van der Waals surface area contributed by atoms with Crippen molar-refractivity contribution in [1.29, 1.82) is 0 Å². The molecule has 0 aliphatic heterocycles. The van der Waals surface area contributed by atoms with E-state index >= 15 is 0 Å². The first kappa shape index (κ1) is 8.67. The maximum absolute atomic E-state index is 3.90. The second kappa shape index (κ2) is 5.80. The molecule has 0 heterocycles. The van der Waals surface area contributed by atoms with Crippen molar-refractivity contribution in [2.75, 3.05) is 13.1 Å². The smallest absolute Gasteiger partial charge is 0.142 e. The maximum Gasteiger partial charge on any atom is 0.142 e. The summed E-state index contributed by atoms with van der Waals surface area (Å²) in [6.45, 7) is 10.6. The van der Waals surface area contributed by atoms with Crippen molar-refractivity contribution < 1.29 is 4.58 Å². The highest BCUT2D eigenvalue weighted by Gasteiger charge is 1.94. The van der Waals surface area contributed by atoms with Gasteiger partial charge in [-0.05, 0) is 0 Å². The predicted octanol–water partition coefficient (Wildman–Crippen LogP) is 1.91. The van der Waals surface area contributed by atoms with E-state index in [1.165, 1.54) is 19.3 Å². The average molecular weight is 128 g/mol. The van der Waals surface area contributed by atoms with Gasteiger partial charge >= 0.3 is 0 Å². The first-order valence-electron chi connectivity index (χ1n) is 3.86. The minimum absolute atomic E-state index is 1.14. The molecule has 0 rings (SSSR count). The molecule has 0 aliphatic carbocycles. The molecule has 0 bridgehead atoms. The first-order valence-corrected chi connectivity index (χ1v) is 3.86. The standard InChI is InChI=1S/C8H18N/c1-4-6-8-9(3)7-5-2/h3-8H2,1-2H3/q+1. The highest BCUT2D eigenvalue weighted by Crippen LogP contribution is 1.87. The van der Waals surface area contributed by atoms with Crippen LogP contribution in [0.1, 0.15) is 33.1 Å². The van der Waals surface area contributed by atoms with Crippen LogP contribution in [0.25, 0.3) is 0 Å². The zero-order valence-corrected chi connectivity index (χ0v) is 6.69. The van der Waals surface area contributed by atoms with Crippen LogP contribution in [0.3, 0.4) is 0 Å². The van der Waals surface area contributed by atoms with Crippen LogP contribution in [0.4, 0.5) is 0 Å². The molecular weight excluding hydrogens is 110 g/mol. The Kier molecular flexibility index (Phi) is 5.59. The normalized spacial score (nSPS) is 9.56. The molecule has 54 valence electrons. The third-order valence-electron chi connectivity index (χ3n) is 1.37. The Morgan fingerprint density at radius 1 is 1.11 bits per heavy atom. The zero-order valence-electron chi connectivity index (χ0n) is 6.69. The molecule has 0 N–H and O–H groups in total. The van der Waals surface area contributed by atoms with Gasteiger partial charge in [0.05, 0.1) is 0 Å². The van der Waals surface area contributed by atoms with E-state index in [-0.39, 0.29) is 0 Å². The quantitative estimate of drug-likeness (QED) is 0.393. The van der Waals surface area contributed by atoms with E-state index in [0.29, 0.717) is 0 Å². The van der Waals surface area contributed by atoms with Gasteiger partial charge in [0.1, 0.15) is 19.8 Å². The summed E-state index contributed by atoms with van der Waals surface area (Å²) in [6, 6.07) is 0. The van der Waals surface area contributed by atoms with Crippen molar-refractivity contribution >= 4 is 6.72 Å².